The second-order valence-electron chi connectivity index (χ2n) is 12.2. The van der Waals surface area contributed by atoms with Gasteiger partial charge in [0.2, 0.25) is 5.91 Å². The summed E-state index contributed by atoms with van der Waals surface area (Å²) in [6.45, 7) is 6.29. The van der Waals surface area contributed by atoms with E-state index in [9.17, 15) is 19.8 Å². The van der Waals surface area contributed by atoms with Crippen LogP contribution >= 0.6 is 11.6 Å². The maximum Gasteiger partial charge on any atom is 0.339 e. The van der Waals surface area contributed by atoms with Gasteiger partial charge < -0.3 is 29.5 Å². The van der Waals surface area contributed by atoms with Crippen LogP contribution in [0.15, 0.2) is 48.6 Å². The minimum atomic E-state index is -1.39. The van der Waals surface area contributed by atoms with Crippen molar-refractivity contribution in [3.8, 4) is 5.75 Å². The molecule has 5 atom stereocenters. The summed E-state index contributed by atoms with van der Waals surface area (Å²) in [7, 11) is 3.06. The van der Waals surface area contributed by atoms with Gasteiger partial charge >= 0.3 is 5.97 Å². The van der Waals surface area contributed by atoms with Gasteiger partial charge in [-0.1, -0.05) is 49.2 Å². The molecule has 5 unspecified atom stereocenters. The van der Waals surface area contributed by atoms with Crippen LogP contribution in [0.3, 0.4) is 0 Å². The summed E-state index contributed by atoms with van der Waals surface area (Å²) in [4.78, 5) is 27.6. The fourth-order valence-corrected chi connectivity index (χ4v) is 6.48. The Labute approximate surface area is 266 Å². The van der Waals surface area contributed by atoms with Crippen molar-refractivity contribution >= 4 is 29.2 Å². The van der Waals surface area contributed by atoms with E-state index in [0.717, 1.165) is 49.2 Å². The molecule has 0 aromatic heterocycles. The molecule has 2 aliphatic rings. The van der Waals surface area contributed by atoms with Crippen LogP contribution in [0, 0.1) is 11.8 Å². The molecule has 0 spiro atoms. The number of anilines is 1. The number of halogens is 1. The lowest BCUT2D eigenvalue weighted by Gasteiger charge is -2.42. The number of hydrogen-bond acceptors (Lipinski definition) is 7. The molecule has 0 bridgehead atoms. The summed E-state index contributed by atoms with van der Waals surface area (Å²) < 4.78 is 11.2. The number of esters is 1. The highest BCUT2D eigenvalue weighted by molar-refractivity contribution is 6.30. The van der Waals surface area contributed by atoms with E-state index in [2.05, 4.69) is 24.0 Å². The first kappa shape index (κ1) is 33.8. The van der Waals surface area contributed by atoms with E-state index in [0.29, 0.717) is 37.6 Å². The molecule has 4 rings (SSSR count). The van der Waals surface area contributed by atoms with Crippen LogP contribution in [0.4, 0.5) is 5.69 Å². The number of fused-ring (bicyclic) bond motifs is 1. The van der Waals surface area contributed by atoms with Gasteiger partial charge in [-0.3, -0.25) is 4.79 Å². The maximum atomic E-state index is 12.2. The van der Waals surface area contributed by atoms with Crippen molar-refractivity contribution in [1.29, 1.82) is 0 Å². The molecule has 2 N–H and O–H groups in total. The lowest BCUT2D eigenvalue weighted by atomic mass is 9.70. The summed E-state index contributed by atoms with van der Waals surface area (Å²) >= 11 is 6.38. The second-order valence-corrected chi connectivity index (χ2v) is 12.6. The number of benzene rings is 2. The van der Waals surface area contributed by atoms with Gasteiger partial charge in [-0.2, -0.15) is 0 Å². The number of nitrogens with zero attached hydrogens (tertiary/aromatic N) is 2. The molecule has 1 aliphatic carbocycles. The lowest BCUT2D eigenvalue weighted by molar-refractivity contribution is -0.150. The van der Waals surface area contributed by atoms with E-state index >= 15 is 0 Å². The zero-order valence-corrected chi connectivity index (χ0v) is 27.1. The van der Waals surface area contributed by atoms with Crippen molar-refractivity contribution in [1.82, 2.24) is 4.90 Å². The Hall–Kier alpha value is -3.07. The molecule has 2 aromatic carbocycles. The number of carbonyl (C=O) groups is 2. The van der Waals surface area contributed by atoms with Gasteiger partial charge in [-0.05, 0) is 84.9 Å². The molecule has 0 saturated heterocycles. The molecule has 8 nitrogen and oxygen atoms in total. The number of aliphatic hydroxyl groups excluding tert-OH is 2. The van der Waals surface area contributed by atoms with Crippen LogP contribution < -0.4 is 9.64 Å². The quantitative estimate of drug-likeness (QED) is 0.168. The molecule has 240 valence electrons. The molecule has 1 saturated carbocycles. The van der Waals surface area contributed by atoms with E-state index in [4.69, 9.17) is 21.1 Å². The zero-order valence-electron chi connectivity index (χ0n) is 26.4. The average Bonchev–Trinajstić information content (AvgIpc) is 3.17. The number of allylic oxidation sites excluding steroid dienone is 1. The number of amides is 1. The van der Waals surface area contributed by atoms with Crippen LogP contribution in [0.5, 0.6) is 5.75 Å². The molecule has 1 aliphatic heterocycles. The highest BCUT2D eigenvalue weighted by Gasteiger charge is 2.38. The lowest BCUT2D eigenvalue weighted by Crippen LogP contribution is -2.44. The van der Waals surface area contributed by atoms with E-state index in [1.807, 2.05) is 30.4 Å². The van der Waals surface area contributed by atoms with Gasteiger partial charge in [0.15, 0.2) is 6.10 Å². The first-order chi connectivity index (χ1) is 21.1. The SMILES string of the molecule is CCCc1cc(Cl)ccc1C1COc2ccc(C(O)C(=O)OC)cc2N(CC2CCC2C(O)/C=C\CCCN(C)C(C)=O)C1. The molecule has 1 amide bonds. The van der Waals surface area contributed by atoms with Gasteiger partial charge in [-0.15, -0.1) is 0 Å². The molecule has 1 fully saturated rings. The number of methoxy groups -OCH3 is 1. The normalized spacial score (nSPS) is 21.1. The fourth-order valence-electron chi connectivity index (χ4n) is 6.28. The summed E-state index contributed by atoms with van der Waals surface area (Å²) in [5.41, 5.74) is 3.71. The van der Waals surface area contributed by atoms with Gasteiger partial charge in [0.05, 0.1) is 25.5 Å². The Bertz CT molecular complexity index is 1320. The first-order valence-corrected chi connectivity index (χ1v) is 16.1. The predicted octanol–water partition coefficient (Wildman–Crippen LogP) is 5.68. The average molecular weight is 627 g/mol. The van der Waals surface area contributed by atoms with E-state index < -0.39 is 18.2 Å². The molecule has 44 heavy (non-hydrogen) atoms. The number of ether oxygens (including phenoxy) is 2. The fraction of sp³-hybridized carbons (Fsp3) is 0.543. The molecular weight excluding hydrogens is 580 g/mol. The van der Waals surface area contributed by atoms with Crippen LogP contribution in [0.25, 0.3) is 0 Å². The Balaban J connectivity index is 1.55. The summed E-state index contributed by atoms with van der Waals surface area (Å²) in [5.74, 6) is 0.513. The number of unbranched alkanes of at least 4 members (excludes halogenated alkanes) is 1. The van der Waals surface area contributed by atoms with Crippen LogP contribution in [-0.2, 0) is 20.7 Å². The second kappa shape index (κ2) is 15.8. The smallest absolute Gasteiger partial charge is 0.339 e. The van der Waals surface area contributed by atoms with E-state index in [1.54, 1.807) is 24.9 Å². The van der Waals surface area contributed by atoms with Gasteiger partial charge in [0.25, 0.3) is 0 Å². The molecule has 9 heteroatoms. The van der Waals surface area contributed by atoms with Crippen molar-refractivity contribution in [2.24, 2.45) is 11.8 Å². The van der Waals surface area contributed by atoms with Gasteiger partial charge in [0, 0.05) is 44.5 Å². The Morgan fingerprint density at radius 1 is 1.20 bits per heavy atom. The van der Waals surface area contributed by atoms with Crippen molar-refractivity contribution in [2.75, 3.05) is 45.3 Å². The van der Waals surface area contributed by atoms with Crippen molar-refractivity contribution in [3.63, 3.8) is 0 Å². The number of hydrogen-bond donors (Lipinski definition) is 2. The topological polar surface area (TPSA) is 99.5 Å². The number of aryl methyl sites for hydroxylation is 1. The number of aliphatic hydroxyl groups is 2. The maximum absolute atomic E-state index is 12.2. The van der Waals surface area contributed by atoms with E-state index in [1.165, 1.54) is 18.2 Å². The van der Waals surface area contributed by atoms with E-state index in [-0.39, 0.29) is 23.7 Å². The summed E-state index contributed by atoms with van der Waals surface area (Å²) in [6, 6.07) is 11.5. The van der Waals surface area contributed by atoms with Crippen LogP contribution in [0.2, 0.25) is 5.02 Å². The molecular formula is C35H47ClN2O6. The third-order valence-electron chi connectivity index (χ3n) is 9.11. The third-order valence-corrected chi connectivity index (χ3v) is 9.35. The monoisotopic (exact) mass is 626 g/mol. The third kappa shape index (κ3) is 8.34. The standard InChI is InChI=1S/C35H47ClN2O6/c1-5-9-24-18-28(36)13-15-29(24)27-21-38(31-19-25(34(41)35(42)43-4)12-16-33(31)44-22-27)20-26-11-14-30(26)32(40)10-7-6-8-17-37(3)23(2)39/h7,10,12-13,15-16,18-19,26-27,30,32,34,40-41H,5-6,8-9,11,14,17,20-22H2,1-4H3/b10-7-. The Morgan fingerprint density at radius 3 is 2.68 bits per heavy atom. The summed E-state index contributed by atoms with van der Waals surface area (Å²) in [6.07, 6.45) is 7.52. The van der Waals surface area contributed by atoms with Gasteiger partial charge in [0.1, 0.15) is 5.75 Å². The minimum absolute atomic E-state index is 0.0543. The first-order valence-electron chi connectivity index (χ1n) is 15.7. The zero-order chi connectivity index (χ0) is 31.8. The molecule has 0 radical (unpaired) electrons. The van der Waals surface area contributed by atoms with Crippen LogP contribution in [-0.4, -0.2) is 73.5 Å². The van der Waals surface area contributed by atoms with Gasteiger partial charge in [-0.25, -0.2) is 4.79 Å². The number of rotatable bonds is 13. The largest absolute Gasteiger partial charge is 0.491 e. The van der Waals surface area contributed by atoms with Crippen molar-refractivity contribution in [3.05, 3.63) is 70.3 Å². The summed E-state index contributed by atoms with van der Waals surface area (Å²) in [5, 5.41) is 22.4. The molecule has 1 heterocycles. The van der Waals surface area contributed by atoms with Crippen molar-refractivity contribution in [2.45, 2.75) is 70.5 Å². The Kier molecular flexibility index (Phi) is 12.1. The molecule has 2 aromatic rings. The highest BCUT2D eigenvalue weighted by atomic mass is 35.5. The van der Waals surface area contributed by atoms with Crippen molar-refractivity contribution < 1.29 is 29.3 Å². The predicted molar refractivity (Wildman–Crippen MR) is 173 cm³/mol. The minimum Gasteiger partial charge on any atom is -0.491 e. The number of carbonyl (C=O) groups excluding carboxylic acids is 2. The highest BCUT2D eigenvalue weighted by Crippen LogP contribution is 2.43. The Morgan fingerprint density at radius 2 is 2.00 bits per heavy atom. The van der Waals surface area contributed by atoms with Crippen LogP contribution in [0.1, 0.15) is 74.7 Å².